The van der Waals surface area contributed by atoms with Gasteiger partial charge in [0.25, 0.3) is 5.91 Å². The topological polar surface area (TPSA) is 73.6 Å². The Morgan fingerprint density at radius 2 is 1.85 bits per heavy atom. The Balaban J connectivity index is 2.41. The maximum absolute atomic E-state index is 12.2. The Hall–Kier alpha value is -2.27. The van der Waals surface area contributed by atoms with E-state index >= 15 is 0 Å². The molecule has 3 N–H and O–H groups in total. The van der Waals surface area contributed by atoms with Crippen LogP contribution in [-0.2, 0) is 16.1 Å². The minimum absolute atomic E-state index is 0.161. The molecule has 1 aromatic rings. The molecule has 0 aliphatic rings. The van der Waals surface area contributed by atoms with Gasteiger partial charge in [-0.1, -0.05) is 31.2 Å². The van der Waals surface area contributed by atoms with Crippen LogP contribution in [0.4, 0.5) is 0 Å². The van der Waals surface area contributed by atoms with Crippen molar-refractivity contribution in [2.75, 3.05) is 20.3 Å². The Labute approximate surface area is 157 Å². The molecule has 5 heteroatoms. The van der Waals surface area contributed by atoms with Crippen molar-refractivity contribution in [2.45, 2.75) is 46.1 Å². The van der Waals surface area contributed by atoms with E-state index in [2.05, 4.69) is 5.32 Å². The summed E-state index contributed by atoms with van der Waals surface area (Å²) in [6.07, 6.45) is 7.73. The van der Waals surface area contributed by atoms with Gasteiger partial charge in [-0.3, -0.25) is 4.79 Å². The third-order valence-corrected chi connectivity index (χ3v) is 3.83. The molecule has 0 bridgehead atoms. The van der Waals surface area contributed by atoms with Gasteiger partial charge in [0, 0.05) is 26.0 Å². The summed E-state index contributed by atoms with van der Waals surface area (Å²) in [5.74, 6) is 0.683. The largest absolute Gasteiger partial charge is 0.494 e. The van der Waals surface area contributed by atoms with Crippen molar-refractivity contribution in [1.82, 2.24) is 5.32 Å². The molecule has 0 aliphatic heterocycles. The van der Waals surface area contributed by atoms with E-state index in [1.165, 1.54) is 0 Å². The van der Waals surface area contributed by atoms with E-state index in [9.17, 15) is 4.79 Å². The van der Waals surface area contributed by atoms with Crippen LogP contribution in [0.1, 0.15) is 45.1 Å². The zero-order valence-electron chi connectivity index (χ0n) is 16.2. The summed E-state index contributed by atoms with van der Waals surface area (Å²) in [6.45, 7) is 5.70. The van der Waals surface area contributed by atoms with Crippen molar-refractivity contribution in [2.24, 2.45) is 5.73 Å². The fourth-order valence-electron chi connectivity index (χ4n) is 2.32. The number of hydrogen-bond donors (Lipinski definition) is 2. The van der Waals surface area contributed by atoms with Crippen molar-refractivity contribution < 1.29 is 14.3 Å². The van der Waals surface area contributed by atoms with Gasteiger partial charge in [-0.25, -0.2) is 0 Å². The second kappa shape index (κ2) is 13.0. The predicted molar refractivity (Wildman–Crippen MR) is 106 cm³/mol. The van der Waals surface area contributed by atoms with Gasteiger partial charge >= 0.3 is 0 Å². The minimum atomic E-state index is -0.161. The summed E-state index contributed by atoms with van der Waals surface area (Å²) in [5.41, 5.74) is 7.84. The van der Waals surface area contributed by atoms with E-state index < -0.39 is 0 Å². The first-order chi connectivity index (χ1) is 12.6. The normalized spacial score (nSPS) is 12.1. The average Bonchev–Trinajstić information content (AvgIpc) is 2.64. The van der Waals surface area contributed by atoms with E-state index in [4.69, 9.17) is 15.2 Å². The second-order valence-electron chi connectivity index (χ2n) is 6.14. The van der Waals surface area contributed by atoms with Gasteiger partial charge in [0.2, 0.25) is 0 Å². The Bertz CT molecular complexity index is 588. The quantitative estimate of drug-likeness (QED) is 0.339. The van der Waals surface area contributed by atoms with Gasteiger partial charge in [-0.05, 0) is 50.3 Å². The van der Waals surface area contributed by atoms with Gasteiger partial charge in [-0.2, -0.15) is 0 Å². The van der Waals surface area contributed by atoms with Gasteiger partial charge in [-0.15, -0.1) is 0 Å². The van der Waals surface area contributed by atoms with E-state index in [0.29, 0.717) is 24.4 Å². The molecular weight excluding hydrogens is 328 g/mol. The third-order valence-electron chi connectivity index (χ3n) is 3.83. The standard InChI is InChI=1S/C21H32N2O3/c1-4-5-9-20(17(2)22)21(24)23-16-18-10-12-19(13-11-18)26-15-8-6-7-14-25-3/h5,9-13H,4,6-8,14-16,22H2,1-3H3,(H,23,24)/b9-5-,20-17-. The molecule has 0 atom stereocenters. The first-order valence-electron chi connectivity index (χ1n) is 9.20. The van der Waals surface area contributed by atoms with Crippen LogP contribution in [0.3, 0.4) is 0 Å². The first-order valence-corrected chi connectivity index (χ1v) is 9.20. The van der Waals surface area contributed by atoms with Gasteiger partial charge in [0.15, 0.2) is 0 Å². The van der Waals surface area contributed by atoms with Crippen LogP contribution in [0.5, 0.6) is 5.75 Å². The number of nitrogens with two attached hydrogens (primary N) is 1. The van der Waals surface area contributed by atoms with Crippen LogP contribution in [0, 0.1) is 0 Å². The van der Waals surface area contributed by atoms with Crippen LogP contribution in [-0.4, -0.2) is 26.2 Å². The lowest BCUT2D eigenvalue weighted by Gasteiger charge is -2.09. The van der Waals surface area contributed by atoms with Crippen LogP contribution < -0.4 is 15.8 Å². The van der Waals surface area contributed by atoms with Crippen molar-refractivity contribution in [3.8, 4) is 5.75 Å². The average molecular weight is 360 g/mol. The first kappa shape index (κ1) is 21.8. The summed E-state index contributed by atoms with van der Waals surface area (Å²) in [4.78, 5) is 12.2. The lowest BCUT2D eigenvalue weighted by molar-refractivity contribution is -0.117. The SMILES string of the molecule is CC/C=C\C(C(=O)NCc1ccc(OCCCCCOC)cc1)=C(/C)N. The highest BCUT2D eigenvalue weighted by molar-refractivity contribution is 5.96. The summed E-state index contributed by atoms with van der Waals surface area (Å²) in [6, 6.07) is 7.78. The maximum Gasteiger partial charge on any atom is 0.253 e. The molecule has 0 saturated carbocycles. The molecular formula is C21H32N2O3. The summed E-state index contributed by atoms with van der Waals surface area (Å²) in [5, 5.41) is 2.90. The van der Waals surface area contributed by atoms with Crippen molar-refractivity contribution in [1.29, 1.82) is 0 Å². The third kappa shape index (κ3) is 8.72. The monoisotopic (exact) mass is 360 g/mol. The molecule has 0 aliphatic carbocycles. The molecule has 0 radical (unpaired) electrons. The van der Waals surface area contributed by atoms with E-state index in [1.54, 1.807) is 20.1 Å². The van der Waals surface area contributed by atoms with Crippen LogP contribution in [0.25, 0.3) is 0 Å². The summed E-state index contributed by atoms with van der Waals surface area (Å²) in [7, 11) is 1.72. The Kier molecular flexibility index (Phi) is 10.9. The van der Waals surface area contributed by atoms with E-state index in [0.717, 1.165) is 43.6 Å². The zero-order chi connectivity index (χ0) is 19.2. The fourth-order valence-corrected chi connectivity index (χ4v) is 2.32. The van der Waals surface area contributed by atoms with Gasteiger partial charge < -0.3 is 20.5 Å². The van der Waals surface area contributed by atoms with E-state index in [-0.39, 0.29) is 5.91 Å². The number of nitrogens with one attached hydrogen (secondary N) is 1. The van der Waals surface area contributed by atoms with Crippen LogP contribution in [0.15, 0.2) is 47.7 Å². The zero-order valence-corrected chi connectivity index (χ0v) is 16.2. The molecule has 0 aromatic heterocycles. The second-order valence-corrected chi connectivity index (χ2v) is 6.14. The van der Waals surface area contributed by atoms with Gasteiger partial charge in [0.1, 0.15) is 5.75 Å². The highest BCUT2D eigenvalue weighted by Crippen LogP contribution is 2.13. The fraction of sp³-hybridized carbons (Fsp3) is 0.476. The highest BCUT2D eigenvalue weighted by atomic mass is 16.5. The number of methoxy groups -OCH3 is 1. The Morgan fingerprint density at radius 1 is 1.15 bits per heavy atom. The number of unbranched alkanes of at least 4 members (excludes halogenated alkanes) is 2. The molecule has 26 heavy (non-hydrogen) atoms. The van der Waals surface area contributed by atoms with E-state index in [1.807, 2.05) is 37.3 Å². The molecule has 144 valence electrons. The van der Waals surface area contributed by atoms with Crippen molar-refractivity contribution in [3.05, 3.63) is 53.3 Å². The summed E-state index contributed by atoms with van der Waals surface area (Å²) < 4.78 is 10.7. The molecule has 0 fully saturated rings. The molecule has 0 heterocycles. The number of ether oxygens (including phenoxy) is 2. The lowest BCUT2D eigenvalue weighted by Crippen LogP contribution is -2.25. The predicted octanol–water partition coefficient (Wildman–Crippen LogP) is 3.70. The number of hydrogen-bond acceptors (Lipinski definition) is 4. The van der Waals surface area contributed by atoms with Crippen molar-refractivity contribution >= 4 is 5.91 Å². The highest BCUT2D eigenvalue weighted by Gasteiger charge is 2.08. The number of benzene rings is 1. The minimum Gasteiger partial charge on any atom is -0.494 e. The molecule has 0 saturated heterocycles. The maximum atomic E-state index is 12.2. The Morgan fingerprint density at radius 3 is 2.46 bits per heavy atom. The molecule has 0 spiro atoms. The number of rotatable bonds is 12. The van der Waals surface area contributed by atoms with Crippen LogP contribution >= 0.6 is 0 Å². The number of carbonyl (C=O) groups excluding carboxylic acids is 1. The van der Waals surface area contributed by atoms with Crippen LogP contribution in [0.2, 0.25) is 0 Å². The molecule has 1 amide bonds. The van der Waals surface area contributed by atoms with Crippen molar-refractivity contribution in [3.63, 3.8) is 0 Å². The molecule has 5 nitrogen and oxygen atoms in total. The molecule has 1 rings (SSSR count). The number of amides is 1. The summed E-state index contributed by atoms with van der Waals surface area (Å²) >= 11 is 0. The molecule has 0 unspecified atom stereocenters. The lowest BCUT2D eigenvalue weighted by atomic mass is 10.1. The molecule has 1 aromatic carbocycles. The van der Waals surface area contributed by atoms with Gasteiger partial charge in [0.05, 0.1) is 12.2 Å². The number of allylic oxidation sites excluding steroid dienone is 2. The smallest absolute Gasteiger partial charge is 0.253 e. The number of carbonyl (C=O) groups is 1.